The maximum absolute atomic E-state index is 14.2. The minimum absolute atomic E-state index is 0.0327. The fourth-order valence-electron chi connectivity index (χ4n) is 3.82. The van der Waals surface area contributed by atoms with Crippen LogP contribution in [0.1, 0.15) is 0 Å². The Labute approximate surface area is 196 Å². The van der Waals surface area contributed by atoms with Gasteiger partial charge in [0.05, 0.1) is 32.5 Å². The highest BCUT2D eigenvalue weighted by Gasteiger charge is 2.21. The fourth-order valence-corrected chi connectivity index (χ4v) is 4.35. The van der Waals surface area contributed by atoms with E-state index in [1.165, 1.54) is 28.8 Å². The monoisotopic (exact) mass is 491 g/mol. The smallest absolute Gasteiger partial charge is 0.323 e. The summed E-state index contributed by atoms with van der Waals surface area (Å²) in [5.41, 5.74) is 0.274. The first-order chi connectivity index (χ1) is 15.6. The van der Waals surface area contributed by atoms with Gasteiger partial charge in [0.1, 0.15) is 23.9 Å². The second kappa shape index (κ2) is 8.53. The van der Waals surface area contributed by atoms with Gasteiger partial charge in [-0.05, 0) is 36.4 Å². The lowest BCUT2D eigenvalue weighted by Gasteiger charge is -2.22. The van der Waals surface area contributed by atoms with E-state index in [9.17, 15) is 23.5 Å². The van der Waals surface area contributed by atoms with Gasteiger partial charge in [0.2, 0.25) is 0 Å². The number of carboxylic acid groups (broad SMARTS) is 1. The Morgan fingerprint density at radius 2 is 1.73 bits per heavy atom. The van der Waals surface area contributed by atoms with Crippen molar-refractivity contribution in [1.29, 1.82) is 0 Å². The maximum atomic E-state index is 14.2. The topological polar surface area (TPSA) is 74.6 Å². The average Bonchev–Trinajstić information content (AvgIpc) is 2.73. The molecule has 3 aromatic carbocycles. The molecular weight excluding hydrogens is 475 g/mol. The first-order valence-corrected chi connectivity index (χ1v) is 10.4. The van der Waals surface area contributed by atoms with Crippen molar-refractivity contribution in [2.45, 2.75) is 6.54 Å². The van der Waals surface area contributed by atoms with Gasteiger partial charge in [0.15, 0.2) is 5.43 Å². The van der Waals surface area contributed by atoms with Crippen molar-refractivity contribution in [2.24, 2.45) is 0 Å². The zero-order valence-electron chi connectivity index (χ0n) is 17.4. The molecule has 0 atom stereocenters. The van der Waals surface area contributed by atoms with Gasteiger partial charge in [-0.2, -0.15) is 0 Å². The van der Waals surface area contributed by atoms with Crippen LogP contribution in [0.25, 0.3) is 21.8 Å². The zero-order chi connectivity index (χ0) is 24.0. The molecule has 0 aliphatic heterocycles. The summed E-state index contributed by atoms with van der Waals surface area (Å²) in [4.78, 5) is 26.8. The molecule has 4 aromatic rings. The molecule has 0 unspecified atom stereocenters. The van der Waals surface area contributed by atoms with Gasteiger partial charge in [0.25, 0.3) is 0 Å². The largest absolute Gasteiger partial charge is 0.480 e. The SMILES string of the molecule is CN(C)c1c(Cl)ccc2c(=O)c3cc(Cl)c(Nc4c(F)cccc4F)cc3n(CC(=O)O)c12. The highest BCUT2D eigenvalue weighted by Crippen LogP contribution is 2.37. The number of nitrogens with one attached hydrogen (secondary N) is 1. The lowest BCUT2D eigenvalue weighted by Crippen LogP contribution is -2.20. The number of fused-ring (bicyclic) bond motifs is 2. The van der Waals surface area contributed by atoms with Gasteiger partial charge in [-0.3, -0.25) is 9.59 Å². The van der Waals surface area contributed by atoms with Crippen LogP contribution >= 0.6 is 23.2 Å². The Balaban J connectivity index is 2.12. The van der Waals surface area contributed by atoms with Crippen LogP contribution in [0.3, 0.4) is 0 Å². The molecule has 0 saturated carbocycles. The molecule has 6 nitrogen and oxygen atoms in total. The fraction of sp³-hybridized carbons (Fsp3) is 0.130. The number of pyridine rings is 1. The molecule has 10 heteroatoms. The number of aliphatic carboxylic acids is 1. The highest BCUT2D eigenvalue weighted by molar-refractivity contribution is 6.35. The third kappa shape index (κ3) is 3.96. The van der Waals surface area contributed by atoms with Gasteiger partial charge in [-0.15, -0.1) is 0 Å². The molecule has 2 N–H and O–H groups in total. The van der Waals surface area contributed by atoms with Crippen LogP contribution in [0, 0.1) is 11.6 Å². The Hall–Kier alpha value is -3.36. The van der Waals surface area contributed by atoms with E-state index in [0.717, 1.165) is 12.1 Å². The molecule has 0 aliphatic rings. The highest BCUT2D eigenvalue weighted by atomic mass is 35.5. The lowest BCUT2D eigenvalue weighted by molar-refractivity contribution is -0.137. The van der Waals surface area contributed by atoms with Gasteiger partial charge in [-0.1, -0.05) is 29.3 Å². The number of carboxylic acids is 1. The number of aromatic nitrogens is 1. The number of rotatable bonds is 5. The third-order valence-electron chi connectivity index (χ3n) is 5.20. The van der Waals surface area contributed by atoms with E-state index in [1.807, 2.05) is 0 Å². The Bertz CT molecular complexity index is 1480. The van der Waals surface area contributed by atoms with Crippen molar-refractivity contribution >= 4 is 68.0 Å². The zero-order valence-corrected chi connectivity index (χ0v) is 18.9. The number of nitrogens with zero attached hydrogens (tertiary/aromatic N) is 2. The number of hydrogen-bond acceptors (Lipinski definition) is 4. The molecular formula is C23H17Cl2F2N3O3. The number of para-hydroxylation sites is 1. The summed E-state index contributed by atoms with van der Waals surface area (Å²) in [6.45, 7) is -0.496. The minimum Gasteiger partial charge on any atom is -0.480 e. The Morgan fingerprint density at radius 1 is 1.06 bits per heavy atom. The van der Waals surface area contributed by atoms with Gasteiger partial charge in [0, 0.05) is 24.9 Å². The lowest BCUT2D eigenvalue weighted by atomic mass is 10.1. The van der Waals surface area contributed by atoms with Crippen molar-refractivity contribution in [2.75, 3.05) is 24.3 Å². The number of hydrogen-bond donors (Lipinski definition) is 2. The molecule has 0 spiro atoms. The summed E-state index contributed by atoms with van der Waals surface area (Å²) in [5.74, 6) is -2.83. The van der Waals surface area contributed by atoms with E-state index in [0.29, 0.717) is 16.2 Å². The summed E-state index contributed by atoms with van der Waals surface area (Å²) in [6, 6.07) is 9.23. The van der Waals surface area contributed by atoms with E-state index < -0.39 is 29.8 Å². The molecule has 1 aromatic heterocycles. The van der Waals surface area contributed by atoms with Crippen molar-refractivity contribution < 1.29 is 18.7 Å². The molecule has 33 heavy (non-hydrogen) atoms. The summed E-state index contributed by atoms with van der Waals surface area (Å²) in [5, 5.41) is 13.0. The maximum Gasteiger partial charge on any atom is 0.323 e. The first-order valence-electron chi connectivity index (χ1n) is 9.68. The number of carbonyl (C=O) groups is 1. The molecule has 0 bridgehead atoms. The Morgan fingerprint density at radius 3 is 2.33 bits per heavy atom. The van der Waals surface area contributed by atoms with E-state index in [4.69, 9.17) is 23.2 Å². The predicted molar refractivity (Wildman–Crippen MR) is 127 cm³/mol. The second-order valence-electron chi connectivity index (χ2n) is 7.57. The second-order valence-corrected chi connectivity index (χ2v) is 8.38. The normalized spacial score (nSPS) is 11.2. The van der Waals surface area contributed by atoms with Crippen molar-refractivity contribution in [3.63, 3.8) is 0 Å². The summed E-state index contributed by atoms with van der Waals surface area (Å²) in [7, 11) is 3.44. The molecule has 4 rings (SSSR count). The quantitative estimate of drug-likeness (QED) is 0.353. The Kier molecular flexibility index (Phi) is 5.90. The molecule has 0 saturated heterocycles. The van der Waals surface area contributed by atoms with Crippen LogP contribution in [-0.2, 0) is 11.3 Å². The van der Waals surface area contributed by atoms with E-state index in [2.05, 4.69) is 5.32 Å². The van der Waals surface area contributed by atoms with Crippen LogP contribution in [-0.4, -0.2) is 29.7 Å². The van der Waals surface area contributed by atoms with Crippen molar-refractivity contribution in [3.8, 4) is 0 Å². The summed E-state index contributed by atoms with van der Waals surface area (Å²) < 4.78 is 29.8. The number of benzene rings is 3. The standard InChI is InChI=1S/C23H17Cl2F2N3O3/c1-29(2)22-13(24)7-6-11-21(22)30(10-19(31)32)18-9-17(14(25)8-12(18)23(11)33)28-20-15(26)4-3-5-16(20)27/h3-9,28H,10H2,1-2H3,(H,31,32). The van der Waals surface area contributed by atoms with Crippen LogP contribution in [0.5, 0.6) is 0 Å². The molecule has 0 radical (unpaired) electrons. The van der Waals surface area contributed by atoms with Gasteiger partial charge < -0.3 is 19.9 Å². The molecule has 170 valence electrons. The third-order valence-corrected chi connectivity index (χ3v) is 5.82. The molecule has 1 heterocycles. The first kappa shape index (κ1) is 22.8. The van der Waals surface area contributed by atoms with Crippen LogP contribution in [0.4, 0.5) is 25.8 Å². The molecule has 0 amide bonds. The number of anilines is 3. The van der Waals surface area contributed by atoms with Crippen molar-refractivity contribution in [1.82, 2.24) is 4.57 Å². The minimum atomic E-state index is -1.16. The van der Waals surface area contributed by atoms with E-state index >= 15 is 0 Å². The van der Waals surface area contributed by atoms with Crippen LogP contribution in [0.15, 0.2) is 47.3 Å². The molecule has 0 fully saturated rings. The summed E-state index contributed by atoms with van der Waals surface area (Å²) in [6.07, 6.45) is 0. The van der Waals surface area contributed by atoms with Crippen LogP contribution in [0.2, 0.25) is 10.0 Å². The molecule has 0 aliphatic carbocycles. The average molecular weight is 492 g/mol. The van der Waals surface area contributed by atoms with Gasteiger partial charge in [-0.25, -0.2) is 8.78 Å². The van der Waals surface area contributed by atoms with E-state index in [1.54, 1.807) is 25.1 Å². The summed E-state index contributed by atoms with van der Waals surface area (Å²) >= 11 is 12.7. The predicted octanol–water partition coefficient (Wildman–Crippen LogP) is 5.63. The van der Waals surface area contributed by atoms with E-state index in [-0.39, 0.29) is 32.4 Å². The van der Waals surface area contributed by atoms with Gasteiger partial charge >= 0.3 is 5.97 Å². The number of halogens is 4. The van der Waals surface area contributed by atoms with Crippen molar-refractivity contribution in [3.05, 3.63) is 74.4 Å². The van der Waals surface area contributed by atoms with Crippen LogP contribution < -0.4 is 15.6 Å².